The van der Waals surface area contributed by atoms with E-state index in [0.717, 1.165) is 21.2 Å². The summed E-state index contributed by atoms with van der Waals surface area (Å²) in [5.74, 6) is 0.737. The Morgan fingerprint density at radius 3 is 2.14 bits per heavy atom. The van der Waals surface area contributed by atoms with Gasteiger partial charge in [0, 0.05) is 33.8 Å². The van der Waals surface area contributed by atoms with Gasteiger partial charge in [0.25, 0.3) is 0 Å². The van der Waals surface area contributed by atoms with Crippen molar-refractivity contribution in [3.63, 3.8) is 0 Å². The van der Waals surface area contributed by atoms with Crippen LogP contribution in [0.15, 0.2) is 83.3 Å². The SMILES string of the molecule is CC(C)(C)NC(=O)C(Cc1ccccc1)N(Cc1ccc(Br)cc1)C(=O)CSCc1ccc(Cl)cc1. The minimum Gasteiger partial charge on any atom is -0.350 e. The van der Waals surface area contributed by atoms with E-state index in [-0.39, 0.29) is 17.6 Å². The van der Waals surface area contributed by atoms with E-state index in [4.69, 9.17) is 11.6 Å². The molecule has 0 radical (unpaired) electrons. The van der Waals surface area contributed by atoms with Gasteiger partial charge < -0.3 is 10.2 Å². The number of amides is 2. The van der Waals surface area contributed by atoms with Crippen LogP contribution in [0.3, 0.4) is 0 Å². The number of nitrogens with one attached hydrogen (secondary N) is 1. The fraction of sp³-hybridized carbons (Fsp3) is 0.310. The number of carbonyl (C=O) groups excluding carboxylic acids is 2. The Hall–Kier alpha value is -2.28. The third-order valence-corrected chi connectivity index (χ3v) is 7.21. The summed E-state index contributed by atoms with van der Waals surface area (Å²) in [5.41, 5.74) is 2.66. The lowest BCUT2D eigenvalue weighted by atomic mass is 10.0. The van der Waals surface area contributed by atoms with Crippen molar-refractivity contribution in [3.05, 3.63) is 105 Å². The monoisotopic (exact) mass is 586 g/mol. The van der Waals surface area contributed by atoms with Crippen molar-refractivity contribution in [2.75, 3.05) is 5.75 Å². The second kappa shape index (κ2) is 13.3. The number of thioether (sulfide) groups is 1. The van der Waals surface area contributed by atoms with Crippen LogP contribution in [0.25, 0.3) is 0 Å². The molecule has 190 valence electrons. The first-order valence-electron chi connectivity index (χ1n) is 11.8. The molecular formula is C29H32BrClN2O2S. The molecule has 3 aromatic rings. The molecular weight excluding hydrogens is 556 g/mol. The summed E-state index contributed by atoms with van der Waals surface area (Å²) >= 11 is 11.0. The highest BCUT2D eigenvalue weighted by molar-refractivity contribution is 9.10. The highest BCUT2D eigenvalue weighted by Gasteiger charge is 2.32. The van der Waals surface area contributed by atoms with Crippen molar-refractivity contribution in [2.24, 2.45) is 0 Å². The molecule has 4 nitrogen and oxygen atoms in total. The van der Waals surface area contributed by atoms with Gasteiger partial charge in [-0.1, -0.05) is 82.1 Å². The quantitative estimate of drug-likeness (QED) is 0.281. The number of halogens is 2. The van der Waals surface area contributed by atoms with E-state index >= 15 is 0 Å². The second-order valence-corrected chi connectivity index (χ2v) is 12.0. The number of nitrogens with zero attached hydrogens (tertiary/aromatic N) is 1. The van der Waals surface area contributed by atoms with Crippen LogP contribution >= 0.6 is 39.3 Å². The van der Waals surface area contributed by atoms with Gasteiger partial charge >= 0.3 is 0 Å². The predicted molar refractivity (Wildman–Crippen MR) is 154 cm³/mol. The number of rotatable bonds is 10. The van der Waals surface area contributed by atoms with Gasteiger partial charge in [0.1, 0.15) is 6.04 Å². The number of carbonyl (C=O) groups is 2. The Labute approximate surface area is 231 Å². The molecule has 0 fully saturated rings. The van der Waals surface area contributed by atoms with Crippen LogP contribution in [-0.2, 0) is 28.3 Å². The third kappa shape index (κ3) is 9.30. The number of benzene rings is 3. The van der Waals surface area contributed by atoms with Crippen molar-refractivity contribution in [1.82, 2.24) is 10.2 Å². The number of hydrogen-bond acceptors (Lipinski definition) is 3. The Kier molecular flexibility index (Phi) is 10.5. The molecule has 7 heteroatoms. The summed E-state index contributed by atoms with van der Waals surface area (Å²) in [7, 11) is 0. The van der Waals surface area contributed by atoms with E-state index in [1.165, 1.54) is 11.8 Å². The van der Waals surface area contributed by atoms with Crippen molar-refractivity contribution >= 4 is 51.1 Å². The van der Waals surface area contributed by atoms with Crippen LogP contribution in [0.4, 0.5) is 0 Å². The molecule has 0 spiro atoms. The summed E-state index contributed by atoms with van der Waals surface area (Å²) in [4.78, 5) is 28.9. The predicted octanol–water partition coefficient (Wildman–Crippen LogP) is 6.89. The number of hydrogen-bond donors (Lipinski definition) is 1. The van der Waals surface area contributed by atoms with Crippen molar-refractivity contribution in [2.45, 2.75) is 51.1 Å². The lowest BCUT2D eigenvalue weighted by Crippen LogP contribution is -2.54. The molecule has 3 aromatic carbocycles. The smallest absolute Gasteiger partial charge is 0.243 e. The minimum absolute atomic E-state index is 0.0677. The van der Waals surface area contributed by atoms with Gasteiger partial charge in [0.15, 0.2) is 0 Å². The standard InChI is InChI=1S/C29H32BrClN2O2S/c1-29(2,3)32-28(35)26(17-21-7-5-4-6-8-21)33(18-22-9-13-24(30)14-10-22)27(34)20-36-19-23-11-15-25(31)16-12-23/h4-16,26H,17-20H2,1-3H3,(H,32,35). The van der Waals surface area contributed by atoms with Gasteiger partial charge in [-0.15, -0.1) is 11.8 Å². The molecule has 0 saturated heterocycles. The molecule has 0 heterocycles. The highest BCUT2D eigenvalue weighted by atomic mass is 79.9. The molecule has 3 rings (SSSR count). The molecule has 0 saturated carbocycles. The summed E-state index contributed by atoms with van der Waals surface area (Å²) in [6, 6.07) is 24.7. The van der Waals surface area contributed by atoms with E-state index < -0.39 is 11.6 Å². The maximum atomic E-state index is 13.7. The lowest BCUT2D eigenvalue weighted by molar-refractivity contribution is -0.140. The Morgan fingerprint density at radius 1 is 0.917 bits per heavy atom. The van der Waals surface area contributed by atoms with Crippen molar-refractivity contribution in [1.29, 1.82) is 0 Å². The molecule has 0 aliphatic rings. The molecule has 2 amide bonds. The van der Waals surface area contributed by atoms with E-state index in [2.05, 4.69) is 21.2 Å². The van der Waals surface area contributed by atoms with Gasteiger partial charge in [-0.05, 0) is 61.7 Å². The third-order valence-electron chi connectivity index (χ3n) is 5.44. The zero-order chi connectivity index (χ0) is 26.1. The van der Waals surface area contributed by atoms with Crippen LogP contribution in [0, 0.1) is 0 Å². The molecule has 36 heavy (non-hydrogen) atoms. The zero-order valence-corrected chi connectivity index (χ0v) is 24.0. The fourth-order valence-electron chi connectivity index (χ4n) is 3.71. The first-order chi connectivity index (χ1) is 17.1. The van der Waals surface area contributed by atoms with Gasteiger partial charge in [0.2, 0.25) is 11.8 Å². The van der Waals surface area contributed by atoms with Crippen LogP contribution in [0.2, 0.25) is 5.02 Å². The van der Waals surface area contributed by atoms with Gasteiger partial charge in [-0.25, -0.2) is 0 Å². The molecule has 0 aliphatic carbocycles. The van der Waals surface area contributed by atoms with E-state index in [1.807, 2.05) is 99.6 Å². The highest BCUT2D eigenvalue weighted by Crippen LogP contribution is 2.21. The maximum absolute atomic E-state index is 13.7. The Bertz CT molecular complexity index is 1130. The topological polar surface area (TPSA) is 49.4 Å². The first kappa shape index (κ1) is 28.3. The maximum Gasteiger partial charge on any atom is 0.243 e. The van der Waals surface area contributed by atoms with Crippen molar-refractivity contribution < 1.29 is 9.59 Å². The Balaban J connectivity index is 1.85. The van der Waals surface area contributed by atoms with Crippen LogP contribution < -0.4 is 5.32 Å². The fourth-order valence-corrected chi connectivity index (χ4v) is 4.97. The van der Waals surface area contributed by atoms with Gasteiger partial charge in [-0.2, -0.15) is 0 Å². The molecule has 0 aromatic heterocycles. The van der Waals surface area contributed by atoms with Gasteiger partial charge in [0.05, 0.1) is 5.75 Å². The normalized spacial score (nSPS) is 12.1. The summed E-state index contributed by atoms with van der Waals surface area (Å²) < 4.78 is 0.967. The van der Waals surface area contributed by atoms with Crippen LogP contribution in [0.5, 0.6) is 0 Å². The molecule has 0 aliphatic heterocycles. The van der Waals surface area contributed by atoms with Crippen LogP contribution in [0.1, 0.15) is 37.5 Å². The summed E-state index contributed by atoms with van der Waals surface area (Å²) in [6.45, 7) is 6.21. The first-order valence-corrected chi connectivity index (χ1v) is 14.2. The average Bonchev–Trinajstić information content (AvgIpc) is 2.83. The molecule has 1 N–H and O–H groups in total. The second-order valence-electron chi connectivity index (χ2n) is 9.71. The molecule has 0 bridgehead atoms. The minimum atomic E-state index is -0.640. The lowest BCUT2D eigenvalue weighted by Gasteiger charge is -2.34. The van der Waals surface area contributed by atoms with Gasteiger partial charge in [-0.3, -0.25) is 9.59 Å². The molecule has 1 atom stereocenters. The summed E-state index contributed by atoms with van der Waals surface area (Å²) in [5, 5.41) is 3.79. The summed E-state index contributed by atoms with van der Waals surface area (Å²) in [6.07, 6.45) is 0.437. The van der Waals surface area contributed by atoms with Crippen molar-refractivity contribution in [3.8, 4) is 0 Å². The average molecular weight is 588 g/mol. The van der Waals surface area contributed by atoms with E-state index in [1.54, 1.807) is 4.90 Å². The van der Waals surface area contributed by atoms with Crippen LogP contribution in [-0.4, -0.2) is 34.0 Å². The zero-order valence-electron chi connectivity index (χ0n) is 20.8. The van der Waals surface area contributed by atoms with E-state index in [0.29, 0.717) is 23.7 Å². The Morgan fingerprint density at radius 2 is 1.53 bits per heavy atom. The van der Waals surface area contributed by atoms with E-state index in [9.17, 15) is 9.59 Å². The largest absolute Gasteiger partial charge is 0.350 e. The molecule has 1 unspecified atom stereocenters.